The van der Waals surface area contributed by atoms with E-state index in [9.17, 15) is 9.59 Å². The number of benzene rings is 1. The Balaban J connectivity index is 1.82. The van der Waals surface area contributed by atoms with Gasteiger partial charge in [0.05, 0.1) is 12.8 Å². The first kappa shape index (κ1) is 27.2. The molecule has 0 bridgehead atoms. The fourth-order valence-corrected chi connectivity index (χ4v) is 3.96. The molecule has 36 heavy (non-hydrogen) atoms. The van der Waals surface area contributed by atoms with Crippen molar-refractivity contribution in [1.82, 2.24) is 15.3 Å². The minimum atomic E-state index is -0.666. The summed E-state index contributed by atoms with van der Waals surface area (Å²) in [7, 11) is 1.58. The lowest BCUT2D eigenvalue weighted by Gasteiger charge is -2.25. The molecule has 11 heteroatoms. The zero-order valence-corrected chi connectivity index (χ0v) is 21.1. The molecule has 1 saturated heterocycles. The van der Waals surface area contributed by atoms with Crippen molar-refractivity contribution >= 4 is 29.1 Å². The van der Waals surface area contributed by atoms with Crippen molar-refractivity contribution in [2.75, 3.05) is 44.0 Å². The maximum atomic E-state index is 12.2. The van der Waals surface area contributed by atoms with Gasteiger partial charge in [0.25, 0.3) is 5.91 Å². The highest BCUT2D eigenvalue weighted by Gasteiger charge is 2.21. The average molecular weight is 500 g/mol. The van der Waals surface area contributed by atoms with Gasteiger partial charge in [0.1, 0.15) is 5.75 Å². The average Bonchev–Trinajstić information content (AvgIpc) is 2.88. The number of carbonyl (C=O) groups is 2. The number of carbonyl (C=O) groups excluding carboxylic acids is 2. The van der Waals surface area contributed by atoms with Crippen LogP contribution in [0.2, 0.25) is 0 Å². The molecule has 0 radical (unpaired) electrons. The van der Waals surface area contributed by atoms with Gasteiger partial charge in [0.15, 0.2) is 17.3 Å². The molecule has 1 fully saturated rings. The Hall–Kier alpha value is -3.44. The van der Waals surface area contributed by atoms with Crippen LogP contribution in [-0.2, 0) is 22.4 Å². The van der Waals surface area contributed by atoms with Crippen LogP contribution in [0.4, 0.5) is 17.3 Å². The summed E-state index contributed by atoms with van der Waals surface area (Å²) in [6.07, 6.45) is 4.00. The van der Waals surface area contributed by atoms with E-state index in [1.807, 2.05) is 19.1 Å². The number of methoxy groups -OCH3 is 1. The number of ether oxygens (including phenoxy) is 2. The molecule has 0 spiro atoms. The molecule has 1 aromatic heterocycles. The van der Waals surface area contributed by atoms with Crippen molar-refractivity contribution in [3.05, 3.63) is 35.2 Å². The second-order valence-corrected chi connectivity index (χ2v) is 8.65. The number of nitrogens with zero attached hydrogens (tertiary/aromatic N) is 2. The maximum absolute atomic E-state index is 12.2. The predicted molar refractivity (Wildman–Crippen MR) is 139 cm³/mol. The van der Waals surface area contributed by atoms with Crippen LogP contribution in [0.1, 0.15) is 54.4 Å². The Morgan fingerprint density at radius 2 is 1.94 bits per heavy atom. The first-order valence-electron chi connectivity index (χ1n) is 12.4. The number of hydrogen-bond donors (Lipinski definition) is 5. The number of primary amides is 1. The summed E-state index contributed by atoms with van der Waals surface area (Å²) in [5.41, 5.74) is 13.5. The van der Waals surface area contributed by atoms with Gasteiger partial charge in [-0.3, -0.25) is 9.59 Å². The molecule has 0 aliphatic carbocycles. The van der Waals surface area contributed by atoms with Gasteiger partial charge in [-0.05, 0) is 56.3 Å². The van der Waals surface area contributed by atoms with Gasteiger partial charge < -0.3 is 36.9 Å². The lowest BCUT2D eigenvalue weighted by Crippen LogP contribution is -2.29. The summed E-state index contributed by atoms with van der Waals surface area (Å²) < 4.78 is 10.9. The molecule has 0 saturated carbocycles. The van der Waals surface area contributed by atoms with Gasteiger partial charge in [-0.15, -0.1) is 0 Å². The van der Waals surface area contributed by atoms with Gasteiger partial charge in [0.2, 0.25) is 5.91 Å². The number of hydrogen-bond acceptors (Lipinski definition) is 9. The van der Waals surface area contributed by atoms with Crippen LogP contribution >= 0.6 is 0 Å². The van der Waals surface area contributed by atoms with E-state index in [1.54, 1.807) is 13.2 Å². The first-order chi connectivity index (χ1) is 17.4. The third kappa shape index (κ3) is 7.79. The Morgan fingerprint density at radius 3 is 2.61 bits per heavy atom. The molecule has 196 valence electrons. The van der Waals surface area contributed by atoms with Crippen molar-refractivity contribution in [2.24, 2.45) is 11.5 Å². The fraction of sp³-hybridized carbons (Fsp3) is 0.520. The summed E-state index contributed by atoms with van der Waals surface area (Å²) in [6, 6.07) is 5.83. The third-order valence-corrected chi connectivity index (χ3v) is 5.91. The standard InChI is InChI=1S/C25H37N7O4/c1-3-20-24(29-17-7-11-36-12-8-17)32-25(22(31-20)23(27)34)30-18-13-16(14-19(15-18)35-2)6-10-28-21(33)5-4-9-26/h13-15,17H,3-12,26H2,1-2H3,(H2,27,34)(H,28,33)(H2,29,30,32). The molecule has 7 N–H and O–H groups in total. The van der Waals surface area contributed by atoms with E-state index in [-0.39, 0.29) is 23.5 Å². The molecule has 1 aliphatic heterocycles. The summed E-state index contributed by atoms with van der Waals surface area (Å²) in [5.74, 6) is 0.830. The van der Waals surface area contributed by atoms with Crippen molar-refractivity contribution in [2.45, 2.75) is 51.5 Å². The highest BCUT2D eigenvalue weighted by Crippen LogP contribution is 2.27. The lowest BCUT2D eigenvalue weighted by atomic mass is 10.1. The number of aromatic nitrogens is 2. The molecule has 11 nitrogen and oxygen atoms in total. The zero-order valence-electron chi connectivity index (χ0n) is 21.1. The number of amides is 2. The normalized spacial score (nSPS) is 13.8. The topological polar surface area (TPSA) is 167 Å². The van der Waals surface area contributed by atoms with E-state index < -0.39 is 5.91 Å². The summed E-state index contributed by atoms with van der Waals surface area (Å²) in [4.78, 5) is 33.3. The van der Waals surface area contributed by atoms with Crippen LogP contribution in [0, 0.1) is 0 Å². The lowest BCUT2D eigenvalue weighted by molar-refractivity contribution is -0.121. The minimum Gasteiger partial charge on any atom is -0.497 e. The van der Waals surface area contributed by atoms with Crippen LogP contribution < -0.4 is 32.2 Å². The van der Waals surface area contributed by atoms with Crippen LogP contribution in [-0.4, -0.2) is 61.2 Å². The van der Waals surface area contributed by atoms with Crippen molar-refractivity contribution < 1.29 is 19.1 Å². The highest BCUT2D eigenvalue weighted by molar-refractivity contribution is 5.96. The Labute approximate surface area is 211 Å². The molecular formula is C25H37N7O4. The van der Waals surface area contributed by atoms with Gasteiger partial charge in [-0.25, -0.2) is 9.97 Å². The molecular weight excluding hydrogens is 462 g/mol. The second kappa shape index (κ2) is 13.6. The first-order valence-corrected chi connectivity index (χ1v) is 12.4. The zero-order chi connectivity index (χ0) is 25.9. The van der Waals surface area contributed by atoms with E-state index >= 15 is 0 Å². The molecule has 2 heterocycles. The fourth-order valence-electron chi connectivity index (χ4n) is 3.96. The van der Waals surface area contributed by atoms with Gasteiger partial charge in [0, 0.05) is 44.0 Å². The van der Waals surface area contributed by atoms with Crippen molar-refractivity contribution in [1.29, 1.82) is 0 Å². The predicted octanol–water partition coefficient (Wildman–Crippen LogP) is 1.88. The van der Waals surface area contributed by atoms with E-state index in [4.69, 9.17) is 25.9 Å². The molecule has 0 atom stereocenters. The summed E-state index contributed by atoms with van der Waals surface area (Å²) in [5, 5.41) is 9.56. The number of nitrogens with one attached hydrogen (secondary N) is 3. The highest BCUT2D eigenvalue weighted by atomic mass is 16.5. The van der Waals surface area contributed by atoms with Gasteiger partial charge in [-0.1, -0.05) is 6.92 Å². The molecule has 0 unspecified atom stereocenters. The number of rotatable bonds is 13. The Kier molecular flexibility index (Phi) is 10.3. The number of aryl methyl sites for hydroxylation is 1. The molecule has 3 rings (SSSR count). The van der Waals surface area contributed by atoms with Crippen LogP contribution in [0.5, 0.6) is 5.75 Å². The Morgan fingerprint density at radius 1 is 1.17 bits per heavy atom. The van der Waals surface area contributed by atoms with Gasteiger partial charge in [-0.2, -0.15) is 0 Å². The smallest absolute Gasteiger partial charge is 0.271 e. The number of anilines is 3. The Bertz CT molecular complexity index is 1040. The number of nitrogens with two attached hydrogens (primary N) is 2. The minimum absolute atomic E-state index is 0.0244. The third-order valence-electron chi connectivity index (χ3n) is 5.91. The SMILES string of the molecule is CCc1nc(C(N)=O)c(Nc2cc(CCNC(=O)CCCN)cc(OC)c2)nc1NC1CCOCC1. The molecule has 2 amide bonds. The van der Waals surface area contributed by atoms with Crippen LogP contribution in [0.15, 0.2) is 18.2 Å². The maximum Gasteiger partial charge on any atom is 0.271 e. The molecule has 2 aromatic rings. The molecule has 1 aliphatic rings. The van der Waals surface area contributed by atoms with Crippen molar-refractivity contribution in [3.63, 3.8) is 0 Å². The monoisotopic (exact) mass is 499 g/mol. The summed E-state index contributed by atoms with van der Waals surface area (Å²) >= 11 is 0. The van der Waals surface area contributed by atoms with Gasteiger partial charge >= 0.3 is 0 Å². The van der Waals surface area contributed by atoms with E-state index in [2.05, 4.69) is 20.9 Å². The van der Waals surface area contributed by atoms with E-state index in [0.29, 0.717) is 74.9 Å². The van der Waals surface area contributed by atoms with E-state index in [1.165, 1.54) is 0 Å². The summed E-state index contributed by atoms with van der Waals surface area (Å²) in [6.45, 7) is 4.31. The van der Waals surface area contributed by atoms with Crippen molar-refractivity contribution in [3.8, 4) is 5.75 Å². The van der Waals surface area contributed by atoms with Crippen LogP contribution in [0.3, 0.4) is 0 Å². The van der Waals surface area contributed by atoms with E-state index in [0.717, 1.165) is 18.4 Å². The second-order valence-electron chi connectivity index (χ2n) is 8.65. The quantitative estimate of drug-likeness (QED) is 0.276. The van der Waals surface area contributed by atoms with Crippen LogP contribution in [0.25, 0.3) is 0 Å². The largest absolute Gasteiger partial charge is 0.497 e. The molecule has 1 aromatic carbocycles.